The van der Waals surface area contributed by atoms with Crippen LogP contribution in [0.1, 0.15) is 36.0 Å². The van der Waals surface area contributed by atoms with Gasteiger partial charge in [0, 0.05) is 31.8 Å². The summed E-state index contributed by atoms with van der Waals surface area (Å²) in [6, 6.07) is 6.28. The Morgan fingerprint density at radius 2 is 2.08 bits per heavy atom. The molecule has 3 heterocycles. The highest BCUT2D eigenvalue weighted by atomic mass is 35.5. The zero-order chi connectivity index (χ0) is 27.5. The van der Waals surface area contributed by atoms with E-state index in [0.717, 1.165) is 38.8 Å². The molecule has 12 nitrogen and oxygen atoms in total. The molecular formula is C24H33ClN5O7P. The van der Waals surface area contributed by atoms with Gasteiger partial charge in [-0.3, -0.25) is 4.57 Å². The average Bonchev–Trinajstić information content (AvgIpc) is 3.47. The van der Waals surface area contributed by atoms with Gasteiger partial charge < -0.3 is 44.7 Å². The van der Waals surface area contributed by atoms with Gasteiger partial charge in [0.1, 0.15) is 30.0 Å². The molecule has 2 aliphatic heterocycles. The molecule has 2 unspecified atom stereocenters. The number of fused-ring (bicyclic) bond motifs is 2. The van der Waals surface area contributed by atoms with Crippen LogP contribution in [0, 0.1) is 5.41 Å². The molecule has 5 rings (SSSR count). The second kappa shape index (κ2) is 11.8. The van der Waals surface area contributed by atoms with Crippen LogP contribution >= 0.6 is 19.2 Å². The van der Waals surface area contributed by atoms with Crippen molar-refractivity contribution >= 4 is 37.0 Å². The first kappa shape index (κ1) is 28.7. The molecule has 0 saturated carbocycles. The number of anilines is 2. The highest BCUT2D eigenvalue weighted by Crippen LogP contribution is 2.48. The van der Waals surface area contributed by atoms with E-state index in [4.69, 9.17) is 46.1 Å². The van der Waals surface area contributed by atoms with E-state index in [1.165, 1.54) is 17.3 Å². The standard InChI is InChI=1S/C23H29ClN5O6P.CH4O/c1-33-15-2-4-18-14(8-15)6-7-23(18)11-29(12-23)21-17(9-25)20(27-22(24)28-21)26-19-5-3-16(35-19)10-34-13-36(30,31)32;1-2/h2,4,8-9,16,19,25H,3,5-7,10-13H2,1H3,(H,26,27,28)(H2,30,31,32);2H,1H3. The van der Waals surface area contributed by atoms with E-state index in [0.29, 0.717) is 30.0 Å². The molecule has 14 heteroatoms. The summed E-state index contributed by atoms with van der Waals surface area (Å²) in [6.45, 7) is 1.64. The Balaban J connectivity index is 0.00000164. The Hall–Kier alpha value is -2.31. The number of methoxy groups -OCH3 is 1. The van der Waals surface area contributed by atoms with Crippen LogP contribution in [0.25, 0.3) is 0 Å². The van der Waals surface area contributed by atoms with Crippen molar-refractivity contribution in [2.24, 2.45) is 0 Å². The van der Waals surface area contributed by atoms with Gasteiger partial charge in [-0.25, -0.2) is 0 Å². The molecule has 0 amide bonds. The molecule has 208 valence electrons. The molecule has 2 saturated heterocycles. The van der Waals surface area contributed by atoms with Crippen LogP contribution in [0.4, 0.5) is 11.6 Å². The summed E-state index contributed by atoms with van der Waals surface area (Å²) in [5, 5.41) is 18.3. The van der Waals surface area contributed by atoms with Gasteiger partial charge in [0.25, 0.3) is 0 Å². The summed E-state index contributed by atoms with van der Waals surface area (Å²) < 4.78 is 27.3. The Morgan fingerprint density at radius 1 is 1.32 bits per heavy atom. The molecule has 1 spiro atoms. The molecule has 1 aromatic heterocycles. The van der Waals surface area contributed by atoms with Gasteiger partial charge in [-0.1, -0.05) is 6.07 Å². The highest BCUT2D eigenvalue weighted by molar-refractivity contribution is 7.51. The number of halogens is 1. The van der Waals surface area contributed by atoms with Crippen molar-refractivity contribution < 1.29 is 33.7 Å². The summed E-state index contributed by atoms with van der Waals surface area (Å²) in [5.74, 6) is 1.90. The lowest BCUT2D eigenvalue weighted by Gasteiger charge is -2.50. The van der Waals surface area contributed by atoms with Crippen LogP contribution in [0.5, 0.6) is 5.75 Å². The Bertz CT molecular complexity index is 1210. The number of aromatic nitrogens is 2. The molecule has 5 N–H and O–H groups in total. The average molecular weight is 570 g/mol. The summed E-state index contributed by atoms with van der Waals surface area (Å²) in [4.78, 5) is 28.8. The number of nitrogens with one attached hydrogen (secondary N) is 2. The number of aryl methyl sites for hydroxylation is 1. The quantitative estimate of drug-likeness (QED) is 0.171. The van der Waals surface area contributed by atoms with Crippen LogP contribution < -0.4 is 15.0 Å². The third-order valence-electron chi connectivity index (χ3n) is 7.05. The molecule has 0 bridgehead atoms. The minimum Gasteiger partial charge on any atom is -0.497 e. The fraction of sp³-hybridized carbons (Fsp3) is 0.542. The lowest BCUT2D eigenvalue weighted by molar-refractivity contribution is 0.00143. The number of aliphatic hydroxyl groups is 1. The van der Waals surface area contributed by atoms with Crippen LogP contribution in [0.15, 0.2) is 18.2 Å². The van der Waals surface area contributed by atoms with Gasteiger partial charge in [0.15, 0.2) is 0 Å². The van der Waals surface area contributed by atoms with Crippen LogP contribution in [-0.4, -0.2) is 83.7 Å². The van der Waals surface area contributed by atoms with Crippen LogP contribution in [0.2, 0.25) is 5.28 Å². The van der Waals surface area contributed by atoms with Crippen molar-refractivity contribution in [2.45, 2.75) is 43.4 Å². The first-order valence-electron chi connectivity index (χ1n) is 12.2. The van der Waals surface area contributed by atoms with Crippen molar-refractivity contribution in [3.63, 3.8) is 0 Å². The predicted octanol–water partition coefficient (Wildman–Crippen LogP) is 2.52. The van der Waals surface area contributed by atoms with Crippen molar-refractivity contribution in [2.75, 3.05) is 50.5 Å². The summed E-state index contributed by atoms with van der Waals surface area (Å²) in [7, 11) is -1.54. The lowest BCUT2D eigenvalue weighted by atomic mass is 9.74. The first-order chi connectivity index (χ1) is 18.2. The molecule has 2 aromatic rings. The number of aliphatic hydroxyl groups excluding tert-OH is 1. The van der Waals surface area contributed by atoms with Gasteiger partial charge in [0.2, 0.25) is 5.28 Å². The van der Waals surface area contributed by atoms with Gasteiger partial charge >= 0.3 is 7.60 Å². The fourth-order valence-corrected chi connectivity index (χ4v) is 5.91. The van der Waals surface area contributed by atoms with Crippen molar-refractivity contribution in [3.05, 3.63) is 40.2 Å². The van der Waals surface area contributed by atoms with E-state index < -0.39 is 20.2 Å². The van der Waals surface area contributed by atoms with E-state index in [1.807, 2.05) is 6.07 Å². The molecule has 1 aromatic carbocycles. The molecule has 3 aliphatic rings. The minimum atomic E-state index is -4.21. The molecule has 2 fully saturated rings. The van der Waals surface area contributed by atoms with E-state index in [9.17, 15) is 4.57 Å². The van der Waals surface area contributed by atoms with E-state index in [1.54, 1.807) is 7.11 Å². The topological polar surface area (TPSA) is 170 Å². The summed E-state index contributed by atoms with van der Waals surface area (Å²) >= 11 is 6.28. The third kappa shape index (κ3) is 6.12. The summed E-state index contributed by atoms with van der Waals surface area (Å²) in [6.07, 6.45) is 3.25. The number of benzene rings is 1. The maximum atomic E-state index is 11.0. The number of hydrogen-bond donors (Lipinski definition) is 5. The molecule has 0 radical (unpaired) electrons. The second-order valence-electron chi connectivity index (χ2n) is 9.52. The van der Waals surface area contributed by atoms with Gasteiger partial charge in [-0.15, -0.1) is 0 Å². The number of ether oxygens (including phenoxy) is 3. The van der Waals surface area contributed by atoms with Crippen molar-refractivity contribution in [1.29, 1.82) is 5.41 Å². The zero-order valence-electron chi connectivity index (χ0n) is 21.3. The summed E-state index contributed by atoms with van der Waals surface area (Å²) in [5.41, 5.74) is 3.26. The normalized spacial score (nSPS) is 21.4. The Kier molecular flexibility index (Phi) is 8.93. The first-order valence-corrected chi connectivity index (χ1v) is 14.4. The lowest BCUT2D eigenvalue weighted by Crippen LogP contribution is -2.59. The number of hydrogen-bond acceptors (Lipinski definition) is 10. The van der Waals surface area contributed by atoms with Gasteiger partial charge in [-0.2, -0.15) is 9.97 Å². The third-order valence-corrected chi connectivity index (χ3v) is 7.74. The minimum absolute atomic E-state index is 0.0564. The van der Waals surface area contributed by atoms with Gasteiger partial charge in [-0.05, 0) is 60.5 Å². The number of rotatable bonds is 9. The van der Waals surface area contributed by atoms with E-state index >= 15 is 0 Å². The largest absolute Gasteiger partial charge is 0.497 e. The van der Waals surface area contributed by atoms with Crippen LogP contribution in [-0.2, 0) is 25.9 Å². The van der Waals surface area contributed by atoms with Crippen molar-refractivity contribution in [1.82, 2.24) is 9.97 Å². The highest BCUT2D eigenvalue weighted by Gasteiger charge is 2.49. The van der Waals surface area contributed by atoms with E-state index in [2.05, 4.69) is 32.3 Å². The molecule has 1 aliphatic carbocycles. The second-order valence-corrected chi connectivity index (χ2v) is 11.4. The van der Waals surface area contributed by atoms with Crippen LogP contribution in [0.3, 0.4) is 0 Å². The van der Waals surface area contributed by atoms with Gasteiger partial charge in [0.05, 0.1) is 25.4 Å². The predicted molar refractivity (Wildman–Crippen MR) is 143 cm³/mol. The SMILES string of the molecule is CO.COc1ccc2c(c1)CCC21CN(c2nc(Cl)nc(NC3CCC(COCP(=O)(O)O)O3)c2C=N)C1. The maximum Gasteiger partial charge on any atom is 0.350 e. The monoisotopic (exact) mass is 569 g/mol. The Morgan fingerprint density at radius 3 is 2.76 bits per heavy atom. The fourth-order valence-electron chi connectivity index (χ4n) is 5.40. The smallest absolute Gasteiger partial charge is 0.350 e. The van der Waals surface area contributed by atoms with E-state index in [-0.39, 0.29) is 23.4 Å². The molecular weight excluding hydrogens is 537 g/mol. The molecule has 2 atom stereocenters. The molecule has 38 heavy (non-hydrogen) atoms. The van der Waals surface area contributed by atoms with Crippen molar-refractivity contribution in [3.8, 4) is 5.75 Å². The Labute approximate surface area is 226 Å². The zero-order valence-corrected chi connectivity index (χ0v) is 22.9. The number of nitrogens with zero attached hydrogens (tertiary/aromatic N) is 3. The maximum absolute atomic E-state index is 11.0.